The Hall–Kier alpha value is -1.07. The number of nitrogens with one attached hydrogen (secondary N) is 1. The zero-order chi connectivity index (χ0) is 12.6. The quantitative estimate of drug-likeness (QED) is 0.842. The van der Waals surface area contributed by atoms with Crippen LogP contribution in [-0.2, 0) is 9.59 Å². The van der Waals surface area contributed by atoms with Crippen LogP contribution in [0.15, 0.2) is 22.7 Å². The van der Waals surface area contributed by atoms with E-state index < -0.39 is 17.3 Å². The number of carbonyl (C=O) groups excluding carboxylic acids is 1. The van der Waals surface area contributed by atoms with Gasteiger partial charge in [0.25, 0.3) is 0 Å². The molecule has 6 heteroatoms. The molecule has 17 heavy (non-hydrogen) atoms. The maximum Gasteiger partial charge on any atom is 0.319 e. The lowest BCUT2D eigenvalue weighted by Crippen LogP contribution is -2.31. The molecular weight excluding hydrogens is 309 g/mol. The molecule has 0 radical (unpaired) electrons. The van der Waals surface area contributed by atoms with Crippen molar-refractivity contribution in [2.24, 2.45) is 5.41 Å². The van der Waals surface area contributed by atoms with Crippen LogP contribution in [0.5, 0.6) is 0 Å². The summed E-state index contributed by atoms with van der Waals surface area (Å²) in [5, 5.41) is 11.9. The van der Waals surface area contributed by atoms with Gasteiger partial charge in [0.05, 0.1) is 10.7 Å². The number of carboxylic acid groups (broad SMARTS) is 1. The van der Waals surface area contributed by atoms with Gasteiger partial charge in [-0.15, -0.1) is 0 Å². The van der Waals surface area contributed by atoms with E-state index in [1.165, 1.54) is 0 Å². The Morgan fingerprint density at radius 3 is 2.59 bits per heavy atom. The molecular formula is C11H9BrClNO3. The summed E-state index contributed by atoms with van der Waals surface area (Å²) < 4.78 is 0.761. The van der Waals surface area contributed by atoms with Crippen LogP contribution in [0, 0.1) is 5.41 Å². The minimum absolute atomic E-state index is 0.375. The smallest absolute Gasteiger partial charge is 0.319 e. The first-order valence-electron chi connectivity index (χ1n) is 4.95. The van der Waals surface area contributed by atoms with Crippen molar-refractivity contribution < 1.29 is 14.7 Å². The number of aliphatic carboxylic acids is 1. The SMILES string of the molecule is O=C(O)C1(C(=O)Nc2cc(Br)ccc2Cl)CC1. The largest absolute Gasteiger partial charge is 0.480 e. The molecule has 0 heterocycles. The van der Waals surface area contributed by atoms with Crippen LogP contribution in [-0.4, -0.2) is 17.0 Å². The Balaban J connectivity index is 2.19. The molecule has 1 aliphatic carbocycles. The van der Waals surface area contributed by atoms with Crippen LogP contribution >= 0.6 is 27.5 Å². The van der Waals surface area contributed by atoms with Crippen molar-refractivity contribution >= 4 is 45.1 Å². The molecule has 2 rings (SSSR count). The number of anilines is 1. The average Bonchev–Trinajstić information content (AvgIpc) is 3.04. The van der Waals surface area contributed by atoms with Gasteiger partial charge in [0.2, 0.25) is 5.91 Å². The van der Waals surface area contributed by atoms with E-state index in [0.717, 1.165) is 4.47 Å². The molecule has 0 aromatic heterocycles. The maximum atomic E-state index is 11.8. The minimum Gasteiger partial charge on any atom is -0.480 e. The zero-order valence-corrected chi connectivity index (χ0v) is 11.0. The molecule has 4 nitrogen and oxygen atoms in total. The van der Waals surface area contributed by atoms with Crippen LogP contribution in [0.25, 0.3) is 0 Å². The predicted molar refractivity (Wildman–Crippen MR) is 67.1 cm³/mol. The van der Waals surface area contributed by atoms with Gasteiger partial charge in [-0.3, -0.25) is 9.59 Å². The maximum absolute atomic E-state index is 11.8. The fourth-order valence-corrected chi connectivity index (χ4v) is 2.02. The molecule has 0 saturated heterocycles. The molecule has 2 N–H and O–H groups in total. The standard InChI is InChI=1S/C11H9BrClNO3/c12-6-1-2-7(13)8(5-6)14-9(15)11(3-4-11)10(16)17/h1-2,5H,3-4H2,(H,14,15)(H,16,17). The molecule has 90 valence electrons. The second-order valence-electron chi connectivity index (χ2n) is 3.97. The fraction of sp³-hybridized carbons (Fsp3) is 0.273. The molecule has 1 aromatic rings. The summed E-state index contributed by atoms with van der Waals surface area (Å²) >= 11 is 9.16. The van der Waals surface area contributed by atoms with E-state index in [1.54, 1.807) is 18.2 Å². The van der Waals surface area contributed by atoms with Crippen LogP contribution in [0.4, 0.5) is 5.69 Å². The Morgan fingerprint density at radius 1 is 1.41 bits per heavy atom. The van der Waals surface area contributed by atoms with E-state index in [-0.39, 0.29) is 0 Å². The van der Waals surface area contributed by atoms with Gasteiger partial charge in [-0.2, -0.15) is 0 Å². The van der Waals surface area contributed by atoms with E-state index in [1.807, 2.05) is 0 Å². The molecule has 0 bridgehead atoms. The summed E-state index contributed by atoms with van der Waals surface area (Å²) in [5.41, 5.74) is -0.843. The van der Waals surface area contributed by atoms with E-state index in [0.29, 0.717) is 23.6 Å². The number of rotatable bonds is 3. The zero-order valence-electron chi connectivity index (χ0n) is 8.67. The third kappa shape index (κ3) is 2.30. The van der Waals surface area contributed by atoms with E-state index in [4.69, 9.17) is 16.7 Å². The van der Waals surface area contributed by atoms with Crippen LogP contribution in [0.3, 0.4) is 0 Å². The first kappa shape index (κ1) is 12.4. The number of amides is 1. The Labute approximate surface area is 111 Å². The lowest BCUT2D eigenvalue weighted by atomic mass is 10.1. The average molecular weight is 319 g/mol. The van der Waals surface area contributed by atoms with Crippen molar-refractivity contribution in [1.29, 1.82) is 0 Å². The van der Waals surface area contributed by atoms with E-state index in [9.17, 15) is 9.59 Å². The summed E-state index contributed by atoms with van der Waals surface area (Å²) in [6.07, 6.45) is 0.750. The van der Waals surface area contributed by atoms with Gasteiger partial charge >= 0.3 is 5.97 Å². The highest BCUT2D eigenvalue weighted by Crippen LogP contribution is 2.47. The third-order valence-electron chi connectivity index (χ3n) is 2.77. The molecule has 1 amide bonds. The predicted octanol–water partition coefficient (Wildman–Crippen LogP) is 2.91. The number of benzene rings is 1. The Bertz CT molecular complexity index is 499. The topological polar surface area (TPSA) is 66.4 Å². The highest BCUT2D eigenvalue weighted by atomic mass is 79.9. The number of hydrogen-bond acceptors (Lipinski definition) is 2. The molecule has 0 spiro atoms. The number of carboxylic acids is 1. The van der Waals surface area contributed by atoms with Crippen molar-refractivity contribution in [3.63, 3.8) is 0 Å². The Morgan fingerprint density at radius 2 is 2.06 bits per heavy atom. The van der Waals surface area contributed by atoms with Gasteiger partial charge in [0.15, 0.2) is 0 Å². The summed E-state index contributed by atoms with van der Waals surface area (Å²) in [4.78, 5) is 22.8. The van der Waals surface area contributed by atoms with Gasteiger partial charge < -0.3 is 10.4 Å². The van der Waals surface area contributed by atoms with Gasteiger partial charge in [-0.25, -0.2) is 0 Å². The first-order chi connectivity index (χ1) is 7.95. The van der Waals surface area contributed by atoms with E-state index >= 15 is 0 Å². The third-order valence-corrected chi connectivity index (χ3v) is 3.59. The molecule has 0 aliphatic heterocycles. The molecule has 0 atom stereocenters. The highest BCUT2D eigenvalue weighted by Gasteiger charge is 2.57. The lowest BCUT2D eigenvalue weighted by molar-refractivity contribution is -0.147. The van der Waals surface area contributed by atoms with E-state index in [2.05, 4.69) is 21.2 Å². The first-order valence-corrected chi connectivity index (χ1v) is 6.13. The van der Waals surface area contributed by atoms with Crippen LogP contribution in [0.2, 0.25) is 5.02 Å². The summed E-state index contributed by atoms with van der Waals surface area (Å²) in [6.45, 7) is 0. The van der Waals surface area contributed by atoms with Gasteiger partial charge in [0, 0.05) is 4.47 Å². The van der Waals surface area contributed by atoms with Gasteiger partial charge in [-0.1, -0.05) is 27.5 Å². The second kappa shape index (κ2) is 4.31. The van der Waals surface area contributed by atoms with Crippen molar-refractivity contribution in [3.05, 3.63) is 27.7 Å². The van der Waals surface area contributed by atoms with Gasteiger partial charge in [-0.05, 0) is 31.0 Å². The molecule has 1 aromatic carbocycles. The van der Waals surface area contributed by atoms with Gasteiger partial charge in [0.1, 0.15) is 5.41 Å². The lowest BCUT2D eigenvalue weighted by Gasteiger charge is -2.12. The molecule has 1 saturated carbocycles. The van der Waals surface area contributed by atoms with Crippen molar-refractivity contribution in [2.75, 3.05) is 5.32 Å². The monoisotopic (exact) mass is 317 g/mol. The summed E-state index contributed by atoms with van der Waals surface area (Å²) in [6, 6.07) is 5.00. The van der Waals surface area contributed by atoms with Crippen LogP contribution in [0.1, 0.15) is 12.8 Å². The number of carbonyl (C=O) groups is 2. The molecule has 1 fully saturated rings. The van der Waals surface area contributed by atoms with Crippen molar-refractivity contribution in [1.82, 2.24) is 0 Å². The highest BCUT2D eigenvalue weighted by molar-refractivity contribution is 9.10. The minimum atomic E-state index is -1.26. The summed E-state index contributed by atoms with van der Waals surface area (Å²) in [5.74, 6) is -1.59. The number of hydrogen-bond donors (Lipinski definition) is 2. The molecule has 0 unspecified atom stereocenters. The number of halogens is 2. The Kier molecular flexibility index (Phi) is 3.14. The molecule has 1 aliphatic rings. The van der Waals surface area contributed by atoms with Crippen molar-refractivity contribution in [3.8, 4) is 0 Å². The normalized spacial score (nSPS) is 16.4. The van der Waals surface area contributed by atoms with Crippen LogP contribution < -0.4 is 5.32 Å². The van der Waals surface area contributed by atoms with Crippen molar-refractivity contribution in [2.45, 2.75) is 12.8 Å². The fourth-order valence-electron chi connectivity index (χ4n) is 1.50. The second-order valence-corrected chi connectivity index (χ2v) is 5.29. The summed E-state index contributed by atoms with van der Waals surface area (Å²) in [7, 11) is 0.